The fourth-order valence-electron chi connectivity index (χ4n) is 9.05. The van der Waals surface area contributed by atoms with Gasteiger partial charge in [0.25, 0.3) is 0 Å². The summed E-state index contributed by atoms with van der Waals surface area (Å²) in [4.78, 5) is 71.9. The second-order valence-electron chi connectivity index (χ2n) is 22.6. The Balaban J connectivity index is 5.18. The maximum Gasteiger partial charge on any atom is 0.472 e. The molecule has 5 atom stereocenters. The third kappa shape index (κ3) is 55.3. The van der Waals surface area contributed by atoms with E-state index in [-0.39, 0.29) is 25.7 Å². The molecule has 0 aliphatic carbocycles. The van der Waals surface area contributed by atoms with Crippen LogP contribution < -0.4 is 0 Å². The van der Waals surface area contributed by atoms with Gasteiger partial charge in [-0.15, -0.1) is 0 Å². The molecule has 17 nitrogen and oxygen atoms in total. The van der Waals surface area contributed by atoms with Crippen LogP contribution in [0.25, 0.3) is 0 Å². The Bertz CT molecular complexity index is 1570. The molecule has 0 aromatic rings. The summed E-state index contributed by atoms with van der Waals surface area (Å²) in [6.07, 6.45) is 37.8. The van der Waals surface area contributed by atoms with E-state index >= 15 is 0 Å². The van der Waals surface area contributed by atoms with Crippen LogP contribution in [-0.4, -0.2) is 96.7 Å². The summed E-state index contributed by atoms with van der Waals surface area (Å²) in [5.74, 6) is -1.46. The zero-order valence-corrected chi connectivity index (χ0v) is 53.0. The number of carbonyl (C=O) groups excluding carboxylic acids is 4. The number of unbranched alkanes of at least 4 members (excludes halogenated alkanes) is 33. The van der Waals surface area contributed by atoms with Gasteiger partial charge in [-0.05, 0) is 31.6 Å². The van der Waals surface area contributed by atoms with E-state index in [9.17, 15) is 43.2 Å². The molecular weight excluding hydrogens is 1070 g/mol. The van der Waals surface area contributed by atoms with Crippen molar-refractivity contribution in [2.45, 2.75) is 323 Å². The zero-order chi connectivity index (χ0) is 59.2. The highest BCUT2D eigenvalue weighted by Crippen LogP contribution is 2.45. The van der Waals surface area contributed by atoms with E-state index < -0.39 is 97.5 Å². The Labute approximate surface area is 486 Å². The molecule has 0 fully saturated rings. The molecule has 0 saturated heterocycles. The Morgan fingerprint density at radius 1 is 0.338 bits per heavy atom. The number of hydrogen-bond donors (Lipinski definition) is 3. The third-order valence-electron chi connectivity index (χ3n) is 14.0. The van der Waals surface area contributed by atoms with Crippen molar-refractivity contribution in [2.75, 3.05) is 39.6 Å². The van der Waals surface area contributed by atoms with Gasteiger partial charge in [-0.25, -0.2) is 9.13 Å². The molecule has 3 N–H and O–H groups in total. The van der Waals surface area contributed by atoms with Gasteiger partial charge in [-0.2, -0.15) is 0 Å². The summed E-state index contributed by atoms with van der Waals surface area (Å²) in [6, 6.07) is 0. The van der Waals surface area contributed by atoms with Crippen LogP contribution in [0.15, 0.2) is 0 Å². The number of carbonyl (C=O) groups is 4. The minimum atomic E-state index is -4.94. The summed E-state index contributed by atoms with van der Waals surface area (Å²) in [6.45, 7) is 7.04. The quantitative estimate of drug-likeness (QED) is 0.0222. The van der Waals surface area contributed by atoms with Crippen LogP contribution in [0.1, 0.15) is 304 Å². The number of aliphatic hydroxyl groups excluding tert-OH is 1. The first-order valence-electron chi connectivity index (χ1n) is 32.1. The van der Waals surface area contributed by atoms with E-state index in [1.807, 2.05) is 0 Å². The normalized spacial score (nSPS) is 14.3. The van der Waals surface area contributed by atoms with Crippen molar-refractivity contribution in [3.8, 4) is 0 Å². The van der Waals surface area contributed by atoms with Crippen LogP contribution in [0.2, 0.25) is 0 Å². The average molecular weight is 1190 g/mol. The topological polar surface area (TPSA) is 237 Å². The number of esters is 4. The second kappa shape index (κ2) is 55.0. The maximum atomic E-state index is 12.9. The largest absolute Gasteiger partial charge is 0.472 e. The van der Waals surface area contributed by atoms with E-state index in [0.29, 0.717) is 31.6 Å². The van der Waals surface area contributed by atoms with Crippen LogP contribution in [0, 0.1) is 5.92 Å². The SMILES string of the molecule is CCCCCCCCCCCCCCCCCC(=O)O[C@H](COC(=O)CCCCCCCCC(C)C)COP(=O)(O)OC[C@@H](O)COP(=O)(O)OC[C@@H](COC(=O)CCCCCCCCCC)OC(=O)CCCCCCCCCC. The van der Waals surface area contributed by atoms with Gasteiger partial charge >= 0.3 is 39.5 Å². The van der Waals surface area contributed by atoms with Crippen molar-refractivity contribution in [3.63, 3.8) is 0 Å². The molecule has 474 valence electrons. The van der Waals surface area contributed by atoms with Crippen molar-refractivity contribution < 1.29 is 80.2 Å². The summed E-state index contributed by atoms with van der Waals surface area (Å²) >= 11 is 0. The fraction of sp³-hybridized carbons (Fsp3) is 0.934. The molecule has 0 aliphatic rings. The first-order valence-corrected chi connectivity index (χ1v) is 35.1. The lowest BCUT2D eigenvalue weighted by Crippen LogP contribution is -2.30. The number of rotatable bonds is 61. The summed E-state index contributed by atoms with van der Waals surface area (Å²) in [5.41, 5.74) is 0. The monoisotopic (exact) mass is 1180 g/mol. The van der Waals surface area contributed by atoms with Crippen LogP contribution >= 0.6 is 15.6 Å². The van der Waals surface area contributed by atoms with Crippen molar-refractivity contribution in [1.82, 2.24) is 0 Å². The van der Waals surface area contributed by atoms with Crippen LogP contribution in [0.5, 0.6) is 0 Å². The molecular formula is C61H118O17P2. The predicted molar refractivity (Wildman–Crippen MR) is 317 cm³/mol. The summed E-state index contributed by atoms with van der Waals surface area (Å²) < 4.78 is 67.7. The highest BCUT2D eigenvalue weighted by Gasteiger charge is 2.30. The Hall–Kier alpha value is -1.94. The number of aliphatic hydroxyl groups is 1. The molecule has 0 aromatic carbocycles. The first kappa shape index (κ1) is 78.1. The highest BCUT2D eigenvalue weighted by atomic mass is 31.2. The second-order valence-corrected chi connectivity index (χ2v) is 25.5. The van der Waals surface area contributed by atoms with Crippen LogP contribution in [-0.2, 0) is 65.4 Å². The summed E-state index contributed by atoms with van der Waals surface area (Å²) in [5, 5.41) is 10.5. The Morgan fingerprint density at radius 2 is 0.575 bits per heavy atom. The average Bonchev–Trinajstić information content (AvgIpc) is 3.42. The molecule has 0 bridgehead atoms. The molecule has 0 rings (SSSR count). The smallest absolute Gasteiger partial charge is 0.462 e. The number of hydrogen-bond acceptors (Lipinski definition) is 15. The lowest BCUT2D eigenvalue weighted by atomic mass is 10.0. The van der Waals surface area contributed by atoms with Crippen molar-refractivity contribution in [1.29, 1.82) is 0 Å². The molecule has 0 spiro atoms. The first-order chi connectivity index (χ1) is 38.5. The van der Waals surface area contributed by atoms with Gasteiger partial charge in [0.15, 0.2) is 12.2 Å². The fourth-order valence-corrected chi connectivity index (χ4v) is 10.6. The zero-order valence-electron chi connectivity index (χ0n) is 51.2. The molecule has 0 heterocycles. The standard InChI is InChI=1S/C61H118O17P2/c1-6-9-12-15-18-21-22-23-24-25-26-27-30-37-42-47-61(66)78-57(51-72-59(64)45-40-35-32-31-33-38-43-54(4)5)53-76-80(69,70)74-49-55(62)48-73-79(67,68)75-52-56(77-60(65)46-41-36-29-20-17-14-11-8-3)50-71-58(63)44-39-34-28-19-16-13-10-7-2/h54-57,62H,6-53H2,1-5H3,(H,67,68)(H,69,70)/t55-,56+,57+/m0/s1. The predicted octanol–water partition coefficient (Wildman–Crippen LogP) is 16.6. The van der Waals surface area contributed by atoms with Crippen LogP contribution in [0.3, 0.4) is 0 Å². The van der Waals surface area contributed by atoms with Gasteiger partial charge in [-0.1, -0.05) is 253 Å². The molecule has 0 aromatic heterocycles. The van der Waals surface area contributed by atoms with Gasteiger partial charge in [0.05, 0.1) is 26.4 Å². The Morgan fingerprint density at radius 3 is 0.850 bits per heavy atom. The van der Waals surface area contributed by atoms with E-state index in [0.717, 1.165) is 109 Å². The molecule has 19 heteroatoms. The van der Waals surface area contributed by atoms with E-state index in [4.69, 9.17) is 37.0 Å². The van der Waals surface area contributed by atoms with Crippen molar-refractivity contribution in [2.24, 2.45) is 5.92 Å². The Kier molecular flexibility index (Phi) is 53.6. The third-order valence-corrected chi connectivity index (χ3v) is 15.9. The van der Waals surface area contributed by atoms with E-state index in [2.05, 4.69) is 34.6 Å². The van der Waals surface area contributed by atoms with Crippen molar-refractivity contribution in [3.05, 3.63) is 0 Å². The van der Waals surface area contributed by atoms with Gasteiger partial charge in [0, 0.05) is 25.7 Å². The number of phosphoric ester groups is 2. The summed E-state index contributed by atoms with van der Waals surface area (Å²) in [7, 11) is -9.87. The van der Waals surface area contributed by atoms with Gasteiger partial charge in [-0.3, -0.25) is 37.3 Å². The highest BCUT2D eigenvalue weighted by molar-refractivity contribution is 7.47. The number of phosphoric acid groups is 2. The van der Waals surface area contributed by atoms with E-state index in [1.54, 1.807) is 0 Å². The molecule has 2 unspecified atom stereocenters. The van der Waals surface area contributed by atoms with Crippen LogP contribution in [0.4, 0.5) is 0 Å². The van der Waals surface area contributed by atoms with E-state index in [1.165, 1.54) is 109 Å². The molecule has 0 radical (unpaired) electrons. The van der Waals surface area contributed by atoms with Gasteiger partial charge < -0.3 is 33.8 Å². The minimum Gasteiger partial charge on any atom is -0.462 e. The molecule has 0 amide bonds. The lowest BCUT2D eigenvalue weighted by Gasteiger charge is -2.21. The number of ether oxygens (including phenoxy) is 4. The molecule has 80 heavy (non-hydrogen) atoms. The van der Waals surface area contributed by atoms with Gasteiger partial charge in [0.2, 0.25) is 0 Å². The molecule has 0 aliphatic heterocycles. The molecule has 0 saturated carbocycles. The van der Waals surface area contributed by atoms with Crippen molar-refractivity contribution >= 4 is 39.5 Å². The lowest BCUT2D eigenvalue weighted by molar-refractivity contribution is -0.161. The van der Waals surface area contributed by atoms with Gasteiger partial charge in [0.1, 0.15) is 19.3 Å². The maximum absolute atomic E-state index is 12.9. The minimum absolute atomic E-state index is 0.105.